The van der Waals surface area contributed by atoms with E-state index in [1.807, 2.05) is 0 Å². The molecule has 0 radical (unpaired) electrons. The summed E-state index contributed by atoms with van der Waals surface area (Å²) in [6.45, 7) is 0. The molecule has 0 saturated heterocycles. The van der Waals surface area contributed by atoms with Crippen LogP contribution in [0.4, 0.5) is 0 Å². The van der Waals surface area contributed by atoms with Crippen LogP contribution in [0.25, 0.3) is 11.5 Å². The van der Waals surface area contributed by atoms with Crippen LogP contribution < -0.4 is 4.74 Å². The van der Waals surface area contributed by atoms with Gasteiger partial charge in [0.05, 0.1) is 7.11 Å². The van der Waals surface area contributed by atoms with Crippen LogP contribution in [-0.4, -0.2) is 33.9 Å². The zero-order chi connectivity index (χ0) is 12.3. The fraction of sp³-hybridized carbons (Fsp3) is 0.182. The summed E-state index contributed by atoms with van der Waals surface area (Å²) in [6.07, 6.45) is -0.275. The molecule has 0 spiro atoms. The average Bonchev–Trinajstić information content (AvgIpc) is 2.77. The van der Waals surface area contributed by atoms with Gasteiger partial charge in [-0.15, -0.1) is 10.2 Å². The van der Waals surface area contributed by atoms with Gasteiger partial charge in [-0.1, -0.05) is 0 Å². The number of nitrogens with zero attached hydrogens (tertiary/aromatic N) is 2. The molecule has 1 aromatic heterocycles. The Labute approximate surface area is 102 Å². The molecule has 2 rings (SSSR count). The van der Waals surface area contributed by atoms with E-state index in [2.05, 4.69) is 10.2 Å². The van der Waals surface area contributed by atoms with Crippen molar-refractivity contribution >= 4 is 5.97 Å². The number of ether oxygens (including phenoxy) is 1. The summed E-state index contributed by atoms with van der Waals surface area (Å²) in [5.41, 5.74) is 0.718. The second-order valence-corrected chi connectivity index (χ2v) is 3.30. The zero-order valence-corrected chi connectivity index (χ0v) is 9.58. The summed E-state index contributed by atoms with van der Waals surface area (Å²) in [5.74, 6) is 0.0983. The summed E-state index contributed by atoms with van der Waals surface area (Å²) >= 11 is 0. The van der Waals surface area contributed by atoms with Crippen LogP contribution in [0.3, 0.4) is 0 Å². The number of methoxy groups -OCH3 is 1. The molecule has 0 saturated carbocycles. The van der Waals surface area contributed by atoms with Gasteiger partial charge in [0.2, 0.25) is 11.8 Å². The van der Waals surface area contributed by atoms with Crippen LogP contribution in [0.1, 0.15) is 5.89 Å². The monoisotopic (exact) mass is 252 g/mol. The molecule has 96 valence electrons. The van der Waals surface area contributed by atoms with E-state index < -0.39 is 5.97 Å². The molecule has 1 heterocycles. The molecule has 0 aliphatic carbocycles. The number of benzene rings is 1. The molecule has 1 aromatic carbocycles. The lowest BCUT2D eigenvalue weighted by Gasteiger charge is -1.99. The maximum Gasteiger partial charge on any atom is 0.312 e. The molecule has 0 aliphatic rings. The van der Waals surface area contributed by atoms with Crippen LogP contribution in [0.5, 0.6) is 5.75 Å². The normalized spacial score (nSPS) is 9.61. The Morgan fingerprint density at radius 2 is 2.00 bits per heavy atom. The Kier molecular flexibility index (Phi) is 4.39. The van der Waals surface area contributed by atoms with Gasteiger partial charge < -0.3 is 19.7 Å². The third-order valence-corrected chi connectivity index (χ3v) is 2.11. The number of aliphatic carboxylic acids is 1. The van der Waals surface area contributed by atoms with Gasteiger partial charge >= 0.3 is 5.97 Å². The van der Waals surface area contributed by atoms with E-state index >= 15 is 0 Å². The van der Waals surface area contributed by atoms with Crippen LogP contribution >= 0.6 is 0 Å². The average molecular weight is 252 g/mol. The minimum absolute atomic E-state index is 0. The summed E-state index contributed by atoms with van der Waals surface area (Å²) in [4.78, 5) is 10.5. The van der Waals surface area contributed by atoms with Gasteiger partial charge in [-0.2, -0.15) is 0 Å². The van der Waals surface area contributed by atoms with Gasteiger partial charge in [0, 0.05) is 5.56 Å². The number of carboxylic acids is 1. The maximum absolute atomic E-state index is 10.5. The first-order chi connectivity index (χ1) is 8.19. The molecule has 3 N–H and O–H groups in total. The predicted molar refractivity (Wildman–Crippen MR) is 61.2 cm³/mol. The summed E-state index contributed by atoms with van der Waals surface area (Å²) < 4.78 is 10.2. The lowest BCUT2D eigenvalue weighted by Crippen LogP contribution is -1.99. The molecule has 2 aromatic rings. The van der Waals surface area contributed by atoms with Crippen molar-refractivity contribution < 1.29 is 24.5 Å². The maximum atomic E-state index is 10.5. The van der Waals surface area contributed by atoms with Crippen molar-refractivity contribution in [2.75, 3.05) is 7.11 Å². The molecule has 0 unspecified atom stereocenters. The zero-order valence-electron chi connectivity index (χ0n) is 9.58. The summed E-state index contributed by atoms with van der Waals surface area (Å²) in [6, 6.07) is 7.04. The van der Waals surface area contributed by atoms with Crippen LogP contribution in [0, 0.1) is 0 Å². The van der Waals surface area contributed by atoms with E-state index in [9.17, 15) is 4.79 Å². The smallest absolute Gasteiger partial charge is 0.312 e. The van der Waals surface area contributed by atoms with Crippen molar-refractivity contribution in [1.82, 2.24) is 10.2 Å². The third-order valence-electron chi connectivity index (χ3n) is 2.11. The highest BCUT2D eigenvalue weighted by molar-refractivity contribution is 5.68. The largest absolute Gasteiger partial charge is 0.497 e. The molecule has 0 aliphatic heterocycles. The molecule has 0 bridgehead atoms. The van der Waals surface area contributed by atoms with Crippen molar-refractivity contribution in [3.63, 3.8) is 0 Å². The Morgan fingerprint density at radius 1 is 1.33 bits per heavy atom. The number of hydrogen-bond donors (Lipinski definition) is 1. The third kappa shape index (κ3) is 3.05. The molecular formula is C11H12N2O5. The number of rotatable bonds is 4. The van der Waals surface area contributed by atoms with Crippen LogP contribution in [-0.2, 0) is 11.2 Å². The molecule has 18 heavy (non-hydrogen) atoms. The Hall–Kier alpha value is -2.41. The highest BCUT2D eigenvalue weighted by atomic mass is 16.5. The first kappa shape index (κ1) is 13.7. The highest BCUT2D eigenvalue weighted by Gasteiger charge is 2.11. The van der Waals surface area contributed by atoms with E-state index in [-0.39, 0.29) is 17.8 Å². The number of carbonyl (C=O) groups is 1. The highest BCUT2D eigenvalue weighted by Crippen LogP contribution is 2.21. The van der Waals surface area contributed by atoms with E-state index in [4.69, 9.17) is 14.3 Å². The minimum Gasteiger partial charge on any atom is -0.497 e. The Balaban J connectivity index is 0.00000162. The van der Waals surface area contributed by atoms with Crippen molar-refractivity contribution in [3.8, 4) is 17.2 Å². The second kappa shape index (κ2) is 5.78. The predicted octanol–water partition coefficient (Wildman–Crippen LogP) is 0.548. The van der Waals surface area contributed by atoms with E-state index in [0.717, 1.165) is 11.3 Å². The minimum atomic E-state index is -1.00. The lowest BCUT2D eigenvalue weighted by atomic mass is 10.2. The van der Waals surface area contributed by atoms with Gasteiger partial charge in [-0.3, -0.25) is 4.79 Å². The number of aromatic nitrogens is 2. The van der Waals surface area contributed by atoms with Crippen molar-refractivity contribution in [2.45, 2.75) is 6.42 Å². The van der Waals surface area contributed by atoms with E-state index in [0.29, 0.717) is 5.89 Å². The van der Waals surface area contributed by atoms with Gasteiger partial charge in [0.25, 0.3) is 0 Å². The molecule has 0 amide bonds. The number of hydrogen-bond acceptors (Lipinski definition) is 5. The second-order valence-electron chi connectivity index (χ2n) is 3.30. The van der Waals surface area contributed by atoms with E-state index in [1.165, 1.54) is 0 Å². The van der Waals surface area contributed by atoms with Gasteiger partial charge in [0.1, 0.15) is 12.2 Å². The topological polar surface area (TPSA) is 117 Å². The van der Waals surface area contributed by atoms with Crippen molar-refractivity contribution in [2.24, 2.45) is 0 Å². The Morgan fingerprint density at radius 3 is 2.56 bits per heavy atom. The Bertz CT molecular complexity index is 520. The SMILES string of the molecule is COc1ccc(-c2nnc(CC(=O)O)o2)cc1.O. The molecule has 0 atom stereocenters. The fourth-order valence-corrected chi connectivity index (χ4v) is 1.30. The van der Waals surface area contributed by atoms with E-state index in [1.54, 1.807) is 31.4 Å². The number of carboxylic acid groups (broad SMARTS) is 1. The quantitative estimate of drug-likeness (QED) is 0.848. The van der Waals surface area contributed by atoms with Crippen LogP contribution in [0.15, 0.2) is 28.7 Å². The van der Waals surface area contributed by atoms with Gasteiger partial charge in [0.15, 0.2) is 0 Å². The van der Waals surface area contributed by atoms with Gasteiger partial charge in [-0.25, -0.2) is 0 Å². The van der Waals surface area contributed by atoms with Gasteiger partial charge in [-0.05, 0) is 24.3 Å². The summed E-state index contributed by atoms with van der Waals surface area (Å²) in [7, 11) is 1.58. The molecule has 7 nitrogen and oxygen atoms in total. The van der Waals surface area contributed by atoms with Crippen LogP contribution in [0.2, 0.25) is 0 Å². The summed E-state index contributed by atoms with van der Waals surface area (Å²) in [5, 5.41) is 16.0. The van der Waals surface area contributed by atoms with Crippen molar-refractivity contribution in [3.05, 3.63) is 30.2 Å². The first-order valence-electron chi connectivity index (χ1n) is 4.87. The van der Waals surface area contributed by atoms with Crippen molar-refractivity contribution in [1.29, 1.82) is 0 Å². The standard InChI is InChI=1S/C11H10N2O4.H2O/c1-16-8-4-2-7(3-5-8)11-13-12-9(17-11)6-10(14)15;/h2-5H,6H2,1H3,(H,14,15);1H2. The fourth-order valence-electron chi connectivity index (χ4n) is 1.30. The lowest BCUT2D eigenvalue weighted by molar-refractivity contribution is -0.136. The molecule has 7 heteroatoms. The first-order valence-corrected chi connectivity index (χ1v) is 4.87. The molecule has 0 fully saturated rings. The molecular weight excluding hydrogens is 240 g/mol.